The Balaban J connectivity index is 1.86. The van der Waals surface area contributed by atoms with Gasteiger partial charge in [-0.2, -0.15) is 0 Å². The molecule has 1 atom stereocenters. The van der Waals surface area contributed by atoms with Crippen LogP contribution in [0.15, 0.2) is 57.9 Å². The Labute approximate surface area is 174 Å². The molecule has 2 aromatic carbocycles. The van der Waals surface area contributed by atoms with Crippen molar-refractivity contribution in [1.82, 2.24) is 10.0 Å². The fourth-order valence-corrected chi connectivity index (χ4v) is 3.96. The molecular weight excluding hydrogens is 444 g/mol. The summed E-state index contributed by atoms with van der Waals surface area (Å²) in [7, 11) is -3.52. The fraction of sp³-hybridized carbons (Fsp3) is 0.350. The van der Waals surface area contributed by atoms with E-state index in [1.54, 1.807) is 12.1 Å². The van der Waals surface area contributed by atoms with Crippen LogP contribution in [0.3, 0.4) is 0 Å². The first-order valence-corrected chi connectivity index (χ1v) is 11.4. The Morgan fingerprint density at radius 2 is 1.89 bits per heavy atom. The molecule has 0 aliphatic carbocycles. The number of carbonyl (C=O) groups excluding carboxylic acids is 1. The monoisotopic (exact) mass is 468 g/mol. The molecule has 2 aromatic rings. The van der Waals surface area contributed by atoms with Crippen molar-refractivity contribution in [3.8, 4) is 5.75 Å². The molecular formula is C20H25BrN2O4S. The maximum absolute atomic E-state index is 12.1. The van der Waals surface area contributed by atoms with Crippen molar-refractivity contribution in [3.05, 3.63) is 58.6 Å². The largest absolute Gasteiger partial charge is 0.484 e. The Hall–Kier alpha value is -1.90. The highest BCUT2D eigenvalue weighted by atomic mass is 79.9. The third kappa shape index (κ3) is 6.92. The van der Waals surface area contributed by atoms with Gasteiger partial charge in [-0.05, 0) is 55.3 Å². The van der Waals surface area contributed by atoms with Crippen LogP contribution < -0.4 is 14.8 Å². The Morgan fingerprint density at radius 1 is 1.18 bits per heavy atom. The van der Waals surface area contributed by atoms with E-state index in [1.165, 1.54) is 12.1 Å². The molecule has 0 saturated heterocycles. The Morgan fingerprint density at radius 3 is 2.54 bits per heavy atom. The van der Waals surface area contributed by atoms with Crippen LogP contribution in [0.2, 0.25) is 0 Å². The minimum absolute atomic E-state index is 0.154. The van der Waals surface area contributed by atoms with E-state index in [-0.39, 0.29) is 23.5 Å². The van der Waals surface area contributed by atoms with Crippen LogP contribution in [0.1, 0.15) is 38.3 Å². The van der Waals surface area contributed by atoms with Gasteiger partial charge >= 0.3 is 0 Å². The van der Waals surface area contributed by atoms with E-state index in [1.807, 2.05) is 38.1 Å². The molecule has 1 amide bonds. The molecule has 152 valence electrons. The molecule has 8 heteroatoms. The molecule has 1 unspecified atom stereocenters. The lowest BCUT2D eigenvalue weighted by Crippen LogP contribution is -2.31. The molecule has 0 aliphatic heterocycles. The molecule has 0 heterocycles. The number of rotatable bonds is 10. The summed E-state index contributed by atoms with van der Waals surface area (Å²) >= 11 is 3.41. The number of carbonyl (C=O) groups is 1. The standard InChI is InChI=1S/C20H25BrN2O4S/c1-3-4-12-22-28(25,26)19-10-8-18(9-11-19)27-14-20(24)23-15(2)16-6-5-7-17(21)13-16/h5-11,13,15,22H,3-4,12,14H2,1-2H3,(H,23,24). The van der Waals surface area contributed by atoms with Gasteiger partial charge in [0.15, 0.2) is 6.61 Å². The van der Waals surface area contributed by atoms with Crippen LogP contribution in [0.5, 0.6) is 5.75 Å². The van der Waals surface area contributed by atoms with Gasteiger partial charge in [-0.3, -0.25) is 4.79 Å². The summed E-state index contributed by atoms with van der Waals surface area (Å²) in [5, 5.41) is 2.87. The zero-order valence-electron chi connectivity index (χ0n) is 15.9. The lowest BCUT2D eigenvalue weighted by Gasteiger charge is -2.15. The third-order valence-corrected chi connectivity index (χ3v) is 6.02. The summed E-state index contributed by atoms with van der Waals surface area (Å²) in [6.45, 7) is 4.15. The van der Waals surface area contributed by atoms with Gasteiger partial charge in [-0.15, -0.1) is 0 Å². The van der Waals surface area contributed by atoms with Crippen LogP contribution in [-0.4, -0.2) is 27.5 Å². The minimum atomic E-state index is -3.52. The maximum atomic E-state index is 12.1. The second kappa shape index (κ2) is 10.6. The van der Waals surface area contributed by atoms with Gasteiger partial charge in [0.1, 0.15) is 5.75 Å². The molecule has 0 bridgehead atoms. The van der Waals surface area contributed by atoms with Gasteiger partial charge in [0.05, 0.1) is 10.9 Å². The molecule has 28 heavy (non-hydrogen) atoms. The first-order chi connectivity index (χ1) is 13.3. The van der Waals surface area contributed by atoms with Crippen LogP contribution in [-0.2, 0) is 14.8 Å². The summed E-state index contributed by atoms with van der Waals surface area (Å²) in [6.07, 6.45) is 1.70. The van der Waals surface area contributed by atoms with Gasteiger partial charge in [0.25, 0.3) is 5.91 Å². The van der Waals surface area contributed by atoms with Crippen molar-refractivity contribution >= 4 is 31.9 Å². The number of hydrogen-bond acceptors (Lipinski definition) is 4. The van der Waals surface area contributed by atoms with Crippen LogP contribution in [0, 0.1) is 0 Å². The van der Waals surface area contributed by atoms with Gasteiger partial charge in [-0.1, -0.05) is 41.4 Å². The molecule has 0 saturated carbocycles. The lowest BCUT2D eigenvalue weighted by atomic mass is 10.1. The molecule has 0 aromatic heterocycles. The lowest BCUT2D eigenvalue weighted by molar-refractivity contribution is -0.123. The number of nitrogens with one attached hydrogen (secondary N) is 2. The van der Waals surface area contributed by atoms with Crippen molar-refractivity contribution in [2.24, 2.45) is 0 Å². The molecule has 6 nitrogen and oxygen atoms in total. The van der Waals surface area contributed by atoms with Crippen LogP contribution in [0.4, 0.5) is 0 Å². The first-order valence-electron chi connectivity index (χ1n) is 9.09. The van der Waals surface area contributed by atoms with Crippen molar-refractivity contribution in [2.45, 2.75) is 37.6 Å². The molecule has 0 aliphatic rings. The Kier molecular flexibility index (Phi) is 8.47. The number of ether oxygens (including phenoxy) is 1. The van der Waals surface area contributed by atoms with Gasteiger partial charge in [0.2, 0.25) is 10.0 Å². The van der Waals surface area contributed by atoms with Crippen molar-refractivity contribution in [2.75, 3.05) is 13.2 Å². The summed E-state index contributed by atoms with van der Waals surface area (Å²) in [4.78, 5) is 12.3. The summed E-state index contributed by atoms with van der Waals surface area (Å²) in [5.41, 5.74) is 0.979. The zero-order chi connectivity index (χ0) is 20.6. The number of sulfonamides is 1. The second-order valence-electron chi connectivity index (χ2n) is 6.36. The average Bonchev–Trinajstić information content (AvgIpc) is 2.67. The van der Waals surface area contributed by atoms with E-state index >= 15 is 0 Å². The third-order valence-electron chi connectivity index (χ3n) is 4.05. The average molecular weight is 469 g/mol. The normalized spacial score (nSPS) is 12.4. The SMILES string of the molecule is CCCCNS(=O)(=O)c1ccc(OCC(=O)NC(C)c2cccc(Br)c2)cc1. The maximum Gasteiger partial charge on any atom is 0.258 e. The van der Waals surface area contributed by atoms with E-state index in [0.717, 1.165) is 22.9 Å². The van der Waals surface area contributed by atoms with Gasteiger partial charge < -0.3 is 10.1 Å². The predicted molar refractivity (Wildman–Crippen MR) is 113 cm³/mol. The van der Waals surface area contributed by atoms with E-state index in [2.05, 4.69) is 26.0 Å². The van der Waals surface area contributed by atoms with Crippen molar-refractivity contribution < 1.29 is 17.9 Å². The molecule has 2 N–H and O–H groups in total. The van der Waals surface area contributed by atoms with Crippen molar-refractivity contribution in [1.29, 1.82) is 0 Å². The number of amides is 1. The Bertz CT molecular complexity index is 885. The zero-order valence-corrected chi connectivity index (χ0v) is 18.3. The summed E-state index contributed by atoms with van der Waals surface area (Å²) in [6, 6.07) is 13.6. The molecule has 0 radical (unpaired) electrons. The summed E-state index contributed by atoms with van der Waals surface area (Å²) in [5.74, 6) is 0.170. The van der Waals surface area contributed by atoms with E-state index < -0.39 is 10.0 Å². The highest BCUT2D eigenvalue weighted by Crippen LogP contribution is 2.18. The minimum Gasteiger partial charge on any atom is -0.484 e. The fourth-order valence-electron chi connectivity index (χ4n) is 2.47. The van der Waals surface area contributed by atoms with E-state index in [9.17, 15) is 13.2 Å². The van der Waals surface area contributed by atoms with Gasteiger partial charge in [0, 0.05) is 11.0 Å². The van der Waals surface area contributed by atoms with Crippen LogP contribution >= 0.6 is 15.9 Å². The second-order valence-corrected chi connectivity index (χ2v) is 9.04. The van der Waals surface area contributed by atoms with Crippen LogP contribution in [0.25, 0.3) is 0 Å². The molecule has 2 rings (SSSR count). The van der Waals surface area contributed by atoms with Crippen molar-refractivity contribution in [3.63, 3.8) is 0 Å². The van der Waals surface area contributed by atoms with E-state index in [4.69, 9.17) is 4.74 Å². The number of benzene rings is 2. The number of hydrogen-bond donors (Lipinski definition) is 2. The topological polar surface area (TPSA) is 84.5 Å². The molecule has 0 fully saturated rings. The summed E-state index contributed by atoms with van der Waals surface area (Å²) < 4.78 is 33.2. The first kappa shape index (κ1) is 22.4. The number of halogens is 1. The van der Waals surface area contributed by atoms with Gasteiger partial charge in [-0.25, -0.2) is 13.1 Å². The highest BCUT2D eigenvalue weighted by Gasteiger charge is 2.14. The highest BCUT2D eigenvalue weighted by molar-refractivity contribution is 9.10. The predicted octanol–water partition coefficient (Wildman–Crippen LogP) is 3.78. The quantitative estimate of drug-likeness (QED) is 0.519. The smallest absolute Gasteiger partial charge is 0.258 e. The number of unbranched alkanes of at least 4 members (excludes halogenated alkanes) is 1. The molecule has 0 spiro atoms. The van der Waals surface area contributed by atoms with E-state index in [0.29, 0.717) is 12.3 Å².